The van der Waals surface area contributed by atoms with Crippen molar-refractivity contribution in [3.8, 4) is 0 Å². The van der Waals surface area contributed by atoms with Crippen LogP contribution >= 0.6 is 0 Å². The van der Waals surface area contributed by atoms with Crippen LogP contribution in [0.15, 0.2) is 54.8 Å². The van der Waals surface area contributed by atoms with Crippen LogP contribution in [0.1, 0.15) is 44.6 Å². The van der Waals surface area contributed by atoms with E-state index in [-0.39, 0.29) is 0 Å². The summed E-state index contributed by atoms with van der Waals surface area (Å²) < 4.78 is 0. The summed E-state index contributed by atoms with van der Waals surface area (Å²) in [5, 5.41) is 3.53. The molecule has 2 rings (SSSR count). The molecule has 20 heavy (non-hydrogen) atoms. The SMILES string of the molecule is C=C(CCCCCc1ccccc1)NC1C(=C)CC1C. The molecule has 0 heterocycles. The molecule has 1 aliphatic rings. The maximum Gasteiger partial charge on any atom is 0.0496 e. The predicted molar refractivity (Wildman–Crippen MR) is 87.6 cm³/mol. The molecular formula is C19H27N. The van der Waals surface area contributed by atoms with E-state index in [0.29, 0.717) is 6.04 Å². The summed E-state index contributed by atoms with van der Waals surface area (Å²) in [6.45, 7) is 10.5. The Bertz CT molecular complexity index is 446. The third-order valence-electron chi connectivity index (χ3n) is 4.24. The lowest BCUT2D eigenvalue weighted by molar-refractivity contribution is 0.342. The van der Waals surface area contributed by atoms with Crippen molar-refractivity contribution in [2.24, 2.45) is 5.92 Å². The van der Waals surface area contributed by atoms with Gasteiger partial charge in [-0.15, -0.1) is 0 Å². The van der Waals surface area contributed by atoms with Crippen molar-refractivity contribution in [1.82, 2.24) is 5.32 Å². The van der Waals surface area contributed by atoms with Gasteiger partial charge in [-0.05, 0) is 43.6 Å². The van der Waals surface area contributed by atoms with Gasteiger partial charge in [0.1, 0.15) is 0 Å². The minimum atomic E-state index is 0.479. The van der Waals surface area contributed by atoms with Gasteiger partial charge >= 0.3 is 0 Å². The molecule has 0 aromatic heterocycles. The fourth-order valence-corrected chi connectivity index (χ4v) is 2.93. The molecule has 1 fully saturated rings. The van der Waals surface area contributed by atoms with E-state index in [0.717, 1.165) is 12.3 Å². The number of unbranched alkanes of at least 4 members (excludes halogenated alkanes) is 2. The minimum absolute atomic E-state index is 0.479. The highest BCUT2D eigenvalue weighted by atomic mass is 14.9. The number of hydrogen-bond acceptors (Lipinski definition) is 1. The minimum Gasteiger partial charge on any atom is -0.382 e. The molecule has 0 saturated heterocycles. The Morgan fingerprint density at radius 2 is 1.95 bits per heavy atom. The van der Waals surface area contributed by atoms with Gasteiger partial charge in [0.25, 0.3) is 0 Å². The number of rotatable bonds is 8. The van der Waals surface area contributed by atoms with Crippen LogP contribution in [0.25, 0.3) is 0 Å². The molecule has 2 unspecified atom stereocenters. The van der Waals surface area contributed by atoms with E-state index in [4.69, 9.17) is 0 Å². The largest absolute Gasteiger partial charge is 0.382 e. The van der Waals surface area contributed by atoms with Gasteiger partial charge in [0.05, 0.1) is 0 Å². The van der Waals surface area contributed by atoms with E-state index < -0.39 is 0 Å². The Hall–Kier alpha value is -1.50. The van der Waals surface area contributed by atoms with Crippen LogP contribution in [-0.2, 0) is 6.42 Å². The molecule has 2 atom stereocenters. The van der Waals surface area contributed by atoms with E-state index in [1.54, 1.807) is 0 Å². The van der Waals surface area contributed by atoms with E-state index in [2.05, 4.69) is 55.7 Å². The number of benzene rings is 1. The lowest BCUT2D eigenvalue weighted by Crippen LogP contribution is -2.43. The zero-order valence-electron chi connectivity index (χ0n) is 12.7. The summed E-state index contributed by atoms with van der Waals surface area (Å²) in [5.74, 6) is 0.720. The number of allylic oxidation sites excluding steroid dienone is 1. The van der Waals surface area contributed by atoms with Crippen LogP contribution in [0.2, 0.25) is 0 Å². The van der Waals surface area contributed by atoms with Crippen LogP contribution in [0.3, 0.4) is 0 Å². The average Bonchev–Trinajstić information content (AvgIpc) is 2.46. The van der Waals surface area contributed by atoms with E-state index >= 15 is 0 Å². The molecule has 108 valence electrons. The van der Waals surface area contributed by atoms with E-state index in [9.17, 15) is 0 Å². The smallest absolute Gasteiger partial charge is 0.0496 e. The first kappa shape index (κ1) is 14.9. The predicted octanol–water partition coefficient (Wildman–Crippen LogP) is 4.86. The number of aryl methyl sites for hydroxylation is 1. The Morgan fingerprint density at radius 1 is 1.20 bits per heavy atom. The molecule has 1 nitrogen and oxygen atoms in total. The highest BCUT2D eigenvalue weighted by Gasteiger charge is 2.30. The summed E-state index contributed by atoms with van der Waals surface area (Å²) in [5.41, 5.74) is 3.97. The molecule has 1 saturated carbocycles. The summed E-state index contributed by atoms with van der Waals surface area (Å²) in [6, 6.07) is 11.2. The third-order valence-corrected chi connectivity index (χ3v) is 4.24. The first-order chi connectivity index (χ1) is 9.66. The quantitative estimate of drug-likeness (QED) is 0.525. The van der Waals surface area contributed by atoms with Crippen LogP contribution in [-0.4, -0.2) is 6.04 Å². The van der Waals surface area contributed by atoms with Crippen LogP contribution in [0.4, 0.5) is 0 Å². The van der Waals surface area contributed by atoms with Crippen LogP contribution in [0.5, 0.6) is 0 Å². The van der Waals surface area contributed by atoms with Crippen molar-refractivity contribution in [2.45, 2.75) is 51.5 Å². The highest BCUT2D eigenvalue weighted by Crippen LogP contribution is 2.32. The standard InChI is InChI=1S/C19H27N/c1-15-14-16(2)19(15)20-17(3)10-6-4-7-11-18-12-8-5-9-13-18/h5,8-9,12-13,16,19-20H,1,3-4,6-7,10-11,14H2,2H3. The second-order valence-electron chi connectivity index (χ2n) is 6.11. The van der Waals surface area contributed by atoms with Gasteiger partial charge in [0, 0.05) is 11.7 Å². The maximum atomic E-state index is 4.15. The monoisotopic (exact) mass is 269 g/mol. The molecule has 1 aromatic carbocycles. The second kappa shape index (κ2) is 7.33. The Balaban J connectivity index is 1.55. The number of nitrogens with one attached hydrogen (secondary N) is 1. The first-order valence-electron chi connectivity index (χ1n) is 7.82. The Labute approximate surface area is 123 Å². The topological polar surface area (TPSA) is 12.0 Å². The summed E-state index contributed by atoms with van der Waals surface area (Å²) in [6.07, 6.45) is 7.22. The van der Waals surface area contributed by atoms with Crippen LogP contribution < -0.4 is 5.32 Å². The van der Waals surface area contributed by atoms with Gasteiger partial charge in [-0.25, -0.2) is 0 Å². The van der Waals surface area contributed by atoms with Crippen molar-refractivity contribution in [1.29, 1.82) is 0 Å². The lowest BCUT2D eigenvalue weighted by atomic mass is 9.76. The summed E-state index contributed by atoms with van der Waals surface area (Å²) >= 11 is 0. The van der Waals surface area contributed by atoms with Crippen molar-refractivity contribution in [2.75, 3.05) is 0 Å². The van der Waals surface area contributed by atoms with Gasteiger partial charge in [-0.1, -0.05) is 62.4 Å². The van der Waals surface area contributed by atoms with Gasteiger partial charge < -0.3 is 5.32 Å². The fourth-order valence-electron chi connectivity index (χ4n) is 2.93. The molecule has 0 aliphatic heterocycles. The van der Waals surface area contributed by atoms with Crippen molar-refractivity contribution in [3.05, 3.63) is 60.3 Å². The van der Waals surface area contributed by atoms with Crippen molar-refractivity contribution in [3.63, 3.8) is 0 Å². The van der Waals surface area contributed by atoms with Gasteiger partial charge in [0.15, 0.2) is 0 Å². The lowest BCUT2D eigenvalue weighted by Gasteiger charge is -2.38. The average molecular weight is 269 g/mol. The molecule has 1 aliphatic carbocycles. The fraction of sp³-hybridized carbons (Fsp3) is 0.474. The van der Waals surface area contributed by atoms with E-state index in [1.165, 1.54) is 48.9 Å². The van der Waals surface area contributed by atoms with E-state index in [1.807, 2.05) is 0 Å². The normalized spacial score (nSPS) is 21.4. The summed E-state index contributed by atoms with van der Waals surface area (Å²) in [7, 11) is 0. The van der Waals surface area contributed by atoms with Crippen LogP contribution in [0, 0.1) is 5.92 Å². The van der Waals surface area contributed by atoms with Gasteiger partial charge in [0.2, 0.25) is 0 Å². The molecule has 1 aromatic rings. The molecule has 1 N–H and O–H groups in total. The molecule has 0 amide bonds. The maximum absolute atomic E-state index is 4.15. The first-order valence-corrected chi connectivity index (χ1v) is 7.82. The van der Waals surface area contributed by atoms with Gasteiger partial charge in [-0.3, -0.25) is 0 Å². The second-order valence-corrected chi connectivity index (χ2v) is 6.11. The zero-order chi connectivity index (χ0) is 14.4. The van der Waals surface area contributed by atoms with Gasteiger partial charge in [-0.2, -0.15) is 0 Å². The molecule has 0 radical (unpaired) electrons. The number of hydrogen-bond donors (Lipinski definition) is 1. The highest BCUT2D eigenvalue weighted by molar-refractivity contribution is 5.21. The molecule has 0 spiro atoms. The summed E-state index contributed by atoms with van der Waals surface area (Å²) in [4.78, 5) is 0. The third kappa shape index (κ3) is 4.26. The molecule has 1 heteroatoms. The zero-order valence-corrected chi connectivity index (χ0v) is 12.7. The van der Waals surface area contributed by atoms with Crippen molar-refractivity contribution < 1.29 is 0 Å². The Kier molecular flexibility index (Phi) is 5.46. The Morgan fingerprint density at radius 3 is 2.60 bits per heavy atom. The van der Waals surface area contributed by atoms with Crippen molar-refractivity contribution >= 4 is 0 Å². The molecular weight excluding hydrogens is 242 g/mol. The molecule has 0 bridgehead atoms.